The summed E-state index contributed by atoms with van der Waals surface area (Å²) in [5, 5.41) is 5.85. The van der Waals surface area contributed by atoms with Gasteiger partial charge in [0, 0.05) is 22.8 Å². The normalized spacial score (nSPS) is 17.6. The lowest BCUT2D eigenvalue weighted by Gasteiger charge is -2.29. The smallest absolute Gasteiger partial charge is 0.407 e. The number of nitrogens with zero attached hydrogens (tertiary/aromatic N) is 2. The maximum absolute atomic E-state index is 13.1. The lowest BCUT2D eigenvalue weighted by atomic mass is 10.0. The van der Waals surface area contributed by atoms with Crippen LogP contribution in [0, 0.1) is 5.92 Å². The van der Waals surface area contributed by atoms with Gasteiger partial charge in [-0.15, -0.1) is 0 Å². The van der Waals surface area contributed by atoms with E-state index in [9.17, 15) is 9.59 Å². The number of alkyl carbamates (subject to hydrolysis) is 1. The van der Waals surface area contributed by atoms with Gasteiger partial charge in [0.2, 0.25) is 5.91 Å². The number of benzene rings is 1. The monoisotopic (exact) mass is 449 g/mol. The van der Waals surface area contributed by atoms with Gasteiger partial charge in [0.15, 0.2) is 0 Å². The molecule has 0 unspecified atom stereocenters. The Morgan fingerprint density at radius 2 is 2.04 bits per heavy atom. The Labute approximate surface area is 172 Å². The Hall–Kier alpha value is -2.39. The SMILES string of the molecule is COC(=O)N[C@H](C(=O)N1CNC[C@H]1c1nc(-c2ccc(Br)cc2)c[nH]1)C(C)C. The summed E-state index contributed by atoms with van der Waals surface area (Å²) in [7, 11) is 1.28. The number of hydrogen-bond donors (Lipinski definition) is 3. The molecule has 1 aromatic carbocycles. The summed E-state index contributed by atoms with van der Waals surface area (Å²) in [5.41, 5.74) is 1.80. The number of aromatic nitrogens is 2. The van der Waals surface area contributed by atoms with E-state index in [1.807, 2.05) is 44.3 Å². The zero-order valence-corrected chi connectivity index (χ0v) is 17.6. The van der Waals surface area contributed by atoms with Crippen molar-refractivity contribution in [2.24, 2.45) is 5.92 Å². The van der Waals surface area contributed by atoms with Crippen molar-refractivity contribution in [1.82, 2.24) is 25.5 Å². The van der Waals surface area contributed by atoms with Crippen LogP contribution in [0.15, 0.2) is 34.9 Å². The molecule has 1 fully saturated rings. The first-order valence-electron chi connectivity index (χ1n) is 9.07. The fourth-order valence-electron chi connectivity index (χ4n) is 3.17. The Balaban J connectivity index is 1.79. The Kier molecular flexibility index (Phi) is 6.35. The third-order valence-electron chi connectivity index (χ3n) is 4.72. The van der Waals surface area contributed by atoms with Crippen molar-refractivity contribution in [3.63, 3.8) is 0 Å². The van der Waals surface area contributed by atoms with Gasteiger partial charge in [0.05, 0.1) is 19.5 Å². The second-order valence-electron chi connectivity index (χ2n) is 6.97. The standard InChI is InChI=1S/C19H24BrN5O3/c1-11(2)16(24-19(27)28-3)18(26)25-10-21-9-15(25)17-22-8-14(23-17)12-4-6-13(20)7-5-12/h4-8,11,15-16,21H,9-10H2,1-3H3,(H,22,23)(H,24,27)/t15-,16-/m0/s1. The maximum Gasteiger partial charge on any atom is 0.407 e. The minimum atomic E-state index is -0.671. The maximum atomic E-state index is 13.1. The zero-order chi connectivity index (χ0) is 20.3. The molecular formula is C19H24BrN5O3. The molecule has 1 aliphatic heterocycles. The number of hydrogen-bond acceptors (Lipinski definition) is 5. The number of aromatic amines is 1. The van der Waals surface area contributed by atoms with Crippen molar-refractivity contribution >= 4 is 27.9 Å². The molecule has 3 N–H and O–H groups in total. The molecule has 2 heterocycles. The van der Waals surface area contributed by atoms with E-state index in [4.69, 9.17) is 0 Å². The van der Waals surface area contributed by atoms with Crippen LogP contribution in [0.4, 0.5) is 4.79 Å². The molecule has 0 bridgehead atoms. The number of rotatable bonds is 5. The third kappa shape index (κ3) is 4.36. The van der Waals surface area contributed by atoms with Gasteiger partial charge in [-0.2, -0.15) is 0 Å². The second kappa shape index (κ2) is 8.74. The molecule has 1 saturated heterocycles. The number of ether oxygens (including phenoxy) is 1. The van der Waals surface area contributed by atoms with Crippen molar-refractivity contribution < 1.29 is 14.3 Å². The first-order valence-corrected chi connectivity index (χ1v) is 9.87. The summed E-state index contributed by atoms with van der Waals surface area (Å²) in [4.78, 5) is 34.3. The fraction of sp³-hybridized carbons (Fsp3) is 0.421. The number of nitrogens with one attached hydrogen (secondary N) is 3. The molecular weight excluding hydrogens is 426 g/mol. The average Bonchev–Trinajstić information content (AvgIpc) is 3.34. The highest BCUT2D eigenvalue weighted by atomic mass is 79.9. The van der Waals surface area contributed by atoms with Gasteiger partial charge in [-0.25, -0.2) is 9.78 Å². The van der Waals surface area contributed by atoms with Crippen molar-refractivity contribution in [3.05, 3.63) is 40.8 Å². The molecule has 9 heteroatoms. The molecule has 2 aromatic rings. The lowest BCUT2D eigenvalue weighted by molar-refractivity contribution is -0.135. The summed E-state index contributed by atoms with van der Waals surface area (Å²) >= 11 is 3.43. The Morgan fingerprint density at radius 3 is 2.68 bits per heavy atom. The molecule has 150 valence electrons. The topological polar surface area (TPSA) is 99.3 Å². The highest BCUT2D eigenvalue weighted by molar-refractivity contribution is 9.10. The highest BCUT2D eigenvalue weighted by Gasteiger charge is 2.37. The summed E-state index contributed by atoms with van der Waals surface area (Å²) in [6.45, 7) is 4.75. The largest absolute Gasteiger partial charge is 0.453 e. The molecule has 0 spiro atoms. The predicted octanol–water partition coefficient (Wildman–Crippen LogP) is 2.65. The molecule has 1 aromatic heterocycles. The summed E-state index contributed by atoms with van der Waals surface area (Å²) < 4.78 is 5.66. The molecule has 2 amide bonds. The van der Waals surface area contributed by atoms with Crippen LogP contribution in [-0.2, 0) is 9.53 Å². The van der Waals surface area contributed by atoms with E-state index in [1.165, 1.54) is 7.11 Å². The molecule has 8 nitrogen and oxygen atoms in total. The fourth-order valence-corrected chi connectivity index (χ4v) is 3.44. The molecule has 28 heavy (non-hydrogen) atoms. The highest BCUT2D eigenvalue weighted by Crippen LogP contribution is 2.26. The van der Waals surface area contributed by atoms with E-state index in [0.717, 1.165) is 15.7 Å². The van der Waals surface area contributed by atoms with Crippen molar-refractivity contribution in [2.45, 2.75) is 25.9 Å². The van der Waals surface area contributed by atoms with Crippen LogP contribution in [0.1, 0.15) is 25.7 Å². The van der Waals surface area contributed by atoms with Crippen molar-refractivity contribution in [3.8, 4) is 11.3 Å². The first kappa shape index (κ1) is 20.3. The van der Waals surface area contributed by atoms with Crippen LogP contribution in [-0.4, -0.2) is 53.2 Å². The van der Waals surface area contributed by atoms with Crippen LogP contribution in [0.5, 0.6) is 0 Å². The van der Waals surface area contributed by atoms with E-state index in [-0.39, 0.29) is 17.9 Å². The van der Waals surface area contributed by atoms with Gasteiger partial charge in [-0.1, -0.05) is 41.9 Å². The van der Waals surface area contributed by atoms with E-state index < -0.39 is 12.1 Å². The molecule has 1 aliphatic rings. The van der Waals surface area contributed by atoms with Crippen LogP contribution < -0.4 is 10.6 Å². The Bertz CT molecular complexity index is 836. The van der Waals surface area contributed by atoms with Crippen LogP contribution in [0.2, 0.25) is 0 Å². The molecule has 0 radical (unpaired) electrons. The summed E-state index contributed by atoms with van der Waals surface area (Å²) in [6.07, 6.45) is 1.22. The number of halogens is 1. The van der Waals surface area contributed by atoms with E-state index in [0.29, 0.717) is 19.0 Å². The number of H-pyrrole nitrogens is 1. The molecule has 0 saturated carbocycles. The molecule has 0 aliphatic carbocycles. The van der Waals surface area contributed by atoms with Crippen LogP contribution in [0.25, 0.3) is 11.3 Å². The average molecular weight is 450 g/mol. The van der Waals surface area contributed by atoms with Gasteiger partial charge >= 0.3 is 6.09 Å². The molecule has 3 rings (SSSR count). The van der Waals surface area contributed by atoms with Gasteiger partial charge < -0.3 is 19.9 Å². The summed E-state index contributed by atoms with van der Waals surface area (Å²) in [5.74, 6) is 0.455. The number of methoxy groups -OCH3 is 1. The van der Waals surface area contributed by atoms with E-state index in [1.54, 1.807) is 4.90 Å². The number of amides is 2. The number of carbonyl (C=O) groups excluding carboxylic acids is 2. The van der Waals surface area contributed by atoms with Crippen LogP contribution in [0.3, 0.4) is 0 Å². The first-order chi connectivity index (χ1) is 13.4. The number of carbonyl (C=O) groups is 2. The van der Waals surface area contributed by atoms with E-state index >= 15 is 0 Å². The van der Waals surface area contributed by atoms with Crippen molar-refractivity contribution in [2.75, 3.05) is 20.3 Å². The lowest BCUT2D eigenvalue weighted by Crippen LogP contribution is -2.51. The second-order valence-corrected chi connectivity index (χ2v) is 7.89. The minimum absolute atomic E-state index is 0.0808. The summed E-state index contributed by atoms with van der Waals surface area (Å²) in [6, 6.07) is 6.97. The van der Waals surface area contributed by atoms with Gasteiger partial charge in [0.25, 0.3) is 0 Å². The predicted molar refractivity (Wildman–Crippen MR) is 108 cm³/mol. The quantitative estimate of drug-likeness (QED) is 0.651. The van der Waals surface area contributed by atoms with Gasteiger partial charge in [-0.3, -0.25) is 10.1 Å². The minimum Gasteiger partial charge on any atom is -0.453 e. The van der Waals surface area contributed by atoms with Gasteiger partial charge in [-0.05, 0) is 18.1 Å². The van der Waals surface area contributed by atoms with Crippen LogP contribution >= 0.6 is 15.9 Å². The van der Waals surface area contributed by atoms with E-state index in [2.05, 4.69) is 41.3 Å². The Morgan fingerprint density at radius 1 is 1.32 bits per heavy atom. The number of imidazole rings is 1. The van der Waals surface area contributed by atoms with Gasteiger partial charge in [0.1, 0.15) is 17.9 Å². The van der Waals surface area contributed by atoms with Crippen molar-refractivity contribution in [1.29, 1.82) is 0 Å². The molecule has 2 atom stereocenters. The third-order valence-corrected chi connectivity index (χ3v) is 5.25. The zero-order valence-electron chi connectivity index (χ0n) is 16.0.